The van der Waals surface area contributed by atoms with E-state index in [1.807, 2.05) is 24.3 Å². The standard InChI is InChI=1S/C22H29N3O2/c1-3-5-7-11-19(23)25(14-6-4-2)18-13-12-17-20-15(18)9-8-10-16(20)21(26)24-22(17)27/h8-10,12-13,19H,3-7,11,14,23H2,1-2H3,(H,24,26,27). The maximum atomic E-state index is 12.3. The highest BCUT2D eigenvalue weighted by molar-refractivity contribution is 6.26. The van der Waals surface area contributed by atoms with E-state index < -0.39 is 0 Å². The summed E-state index contributed by atoms with van der Waals surface area (Å²) in [6.07, 6.45) is 6.42. The molecule has 2 aromatic rings. The number of benzene rings is 2. The maximum absolute atomic E-state index is 12.3. The number of amides is 2. The van der Waals surface area contributed by atoms with Crippen molar-refractivity contribution in [2.24, 2.45) is 5.73 Å². The molecule has 1 aliphatic rings. The molecule has 5 nitrogen and oxygen atoms in total. The molecule has 5 heteroatoms. The molecule has 0 saturated heterocycles. The molecule has 2 aromatic carbocycles. The van der Waals surface area contributed by atoms with Crippen LogP contribution in [0.5, 0.6) is 0 Å². The van der Waals surface area contributed by atoms with Crippen LogP contribution in [0, 0.1) is 0 Å². The van der Waals surface area contributed by atoms with Crippen LogP contribution < -0.4 is 16.0 Å². The Bertz CT molecular complexity index is 827. The summed E-state index contributed by atoms with van der Waals surface area (Å²) in [6.45, 7) is 5.22. The van der Waals surface area contributed by atoms with Gasteiger partial charge in [0, 0.05) is 34.1 Å². The van der Waals surface area contributed by atoms with Gasteiger partial charge in [-0.2, -0.15) is 0 Å². The zero-order valence-electron chi connectivity index (χ0n) is 16.3. The molecular weight excluding hydrogens is 338 g/mol. The van der Waals surface area contributed by atoms with E-state index in [9.17, 15) is 9.59 Å². The average Bonchev–Trinajstić information content (AvgIpc) is 2.67. The molecule has 2 amide bonds. The van der Waals surface area contributed by atoms with Crippen molar-refractivity contribution in [2.75, 3.05) is 11.4 Å². The molecule has 3 N–H and O–H groups in total. The van der Waals surface area contributed by atoms with Crippen LogP contribution in [-0.4, -0.2) is 24.5 Å². The third-order valence-electron chi connectivity index (χ3n) is 5.30. The second-order valence-corrected chi connectivity index (χ2v) is 7.25. The molecule has 0 aromatic heterocycles. The van der Waals surface area contributed by atoms with Gasteiger partial charge in [0.15, 0.2) is 0 Å². The van der Waals surface area contributed by atoms with Crippen LogP contribution >= 0.6 is 0 Å². The Kier molecular flexibility index (Phi) is 6.11. The zero-order valence-corrected chi connectivity index (χ0v) is 16.3. The monoisotopic (exact) mass is 367 g/mol. The quantitative estimate of drug-likeness (QED) is 0.396. The van der Waals surface area contributed by atoms with Gasteiger partial charge >= 0.3 is 0 Å². The molecule has 0 radical (unpaired) electrons. The summed E-state index contributed by atoms with van der Waals surface area (Å²) in [6, 6.07) is 9.43. The largest absolute Gasteiger partial charge is 0.356 e. The van der Waals surface area contributed by atoms with Crippen molar-refractivity contribution < 1.29 is 9.59 Å². The van der Waals surface area contributed by atoms with Crippen molar-refractivity contribution in [2.45, 2.75) is 58.5 Å². The molecule has 0 aliphatic carbocycles. The van der Waals surface area contributed by atoms with E-state index >= 15 is 0 Å². The first-order valence-corrected chi connectivity index (χ1v) is 10.0. The Morgan fingerprint density at radius 3 is 2.37 bits per heavy atom. The third-order valence-corrected chi connectivity index (χ3v) is 5.30. The number of anilines is 1. The van der Waals surface area contributed by atoms with E-state index in [2.05, 4.69) is 24.1 Å². The van der Waals surface area contributed by atoms with Gasteiger partial charge in [-0.05, 0) is 31.0 Å². The Morgan fingerprint density at radius 1 is 0.963 bits per heavy atom. The number of nitrogens with two attached hydrogens (primary N) is 1. The van der Waals surface area contributed by atoms with Crippen molar-refractivity contribution in [1.29, 1.82) is 0 Å². The average molecular weight is 367 g/mol. The molecule has 0 spiro atoms. The molecule has 1 aliphatic heterocycles. The van der Waals surface area contributed by atoms with Crippen LogP contribution in [0.15, 0.2) is 30.3 Å². The molecule has 1 atom stereocenters. The minimum Gasteiger partial charge on any atom is -0.356 e. The zero-order chi connectivity index (χ0) is 19.4. The van der Waals surface area contributed by atoms with Crippen LogP contribution in [-0.2, 0) is 0 Å². The van der Waals surface area contributed by atoms with E-state index in [0.717, 1.165) is 48.7 Å². The molecule has 0 bridgehead atoms. The van der Waals surface area contributed by atoms with Crippen LogP contribution in [0.1, 0.15) is 73.1 Å². The SMILES string of the molecule is CCCCCC(N)N(CCCC)c1ccc2c3c(cccc13)C(=O)NC2=O. The summed E-state index contributed by atoms with van der Waals surface area (Å²) >= 11 is 0. The van der Waals surface area contributed by atoms with Crippen molar-refractivity contribution in [1.82, 2.24) is 5.32 Å². The topological polar surface area (TPSA) is 75.4 Å². The first kappa shape index (κ1) is 19.4. The van der Waals surface area contributed by atoms with Crippen molar-refractivity contribution in [3.05, 3.63) is 41.5 Å². The van der Waals surface area contributed by atoms with Gasteiger partial charge in [0.2, 0.25) is 0 Å². The van der Waals surface area contributed by atoms with E-state index in [4.69, 9.17) is 5.73 Å². The van der Waals surface area contributed by atoms with E-state index in [0.29, 0.717) is 11.1 Å². The molecule has 0 saturated carbocycles. The molecule has 1 unspecified atom stereocenters. The van der Waals surface area contributed by atoms with Crippen molar-refractivity contribution in [3.63, 3.8) is 0 Å². The van der Waals surface area contributed by atoms with Gasteiger partial charge in [-0.25, -0.2) is 0 Å². The highest BCUT2D eigenvalue weighted by Gasteiger charge is 2.27. The number of hydrogen-bond donors (Lipinski definition) is 2. The lowest BCUT2D eigenvalue weighted by molar-refractivity contribution is 0.0845. The maximum Gasteiger partial charge on any atom is 0.258 e. The first-order valence-electron chi connectivity index (χ1n) is 10.0. The van der Waals surface area contributed by atoms with Gasteiger partial charge in [0.1, 0.15) is 0 Å². The highest BCUT2D eigenvalue weighted by atomic mass is 16.2. The molecule has 27 heavy (non-hydrogen) atoms. The molecular formula is C22H29N3O2. The minimum atomic E-state index is -0.331. The van der Waals surface area contributed by atoms with Crippen LogP contribution in [0.4, 0.5) is 5.69 Å². The summed E-state index contributed by atoms with van der Waals surface area (Å²) in [5.41, 5.74) is 8.70. The second-order valence-electron chi connectivity index (χ2n) is 7.25. The summed E-state index contributed by atoms with van der Waals surface area (Å²) in [5.74, 6) is -0.662. The van der Waals surface area contributed by atoms with Crippen molar-refractivity contribution >= 4 is 28.3 Å². The number of nitrogens with zero attached hydrogens (tertiary/aromatic N) is 1. The number of carbonyl (C=O) groups excluding carboxylic acids is 2. The number of hydrogen-bond acceptors (Lipinski definition) is 4. The Labute approximate surface area is 160 Å². The summed E-state index contributed by atoms with van der Waals surface area (Å²) in [4.78, 5) is 26.8. The fourth-order valence-corrected chi connectivity index (χ4v) is 3.81. The molecule has 3 rings (SSSR count). The summed E-state index contributed by atoms with van der Waals surface area (Å²) in [5, 5.41) is 4.09. The van der Waals surface area contributed by atoms with Crippen LogP contribution in [0.3, 0.4) is 0 Å². The molecule has 0 fully saturated rings. The number of rotatable bonds is 9. The van der Waals surface area contributed by atoms with Crippen LogP contribution in [0.25, 0.3) is 10.8 Å². The lowest BCUT2D eigenvalue weighted by Crippen LogP contribution is -2.43. The molecule has 1 heterocycles. The van der Waals surface area contributed by atoms with Crippen LogP contribution in [0.2, 0.25) is 0 Å². The fraction of sp³-hybridized carbons (Fsp3) is 0.455. The number of unbranched alkanes of at least 4 members (excludes halogenated alkanes) is 3. The first-order chi connectivity index (χ1) is 13.1. The third kappa shape index (κ3) is 3.83. The van der Waals surface area contributed by atoms with Gasteiger partial charge < -0.3 is 10.6 Å². The summed E-state index contributed by atoms with van der Waals surface area (Å²) in [7, 11) is 0. The predicted molar refractivity (Wildman–Crippen MR) is 110 cm³/mol. The number of nitrogens with one attached hydrogen (secondary N) is 1. The lowest BCUT2D eigenvalue weighted by atomic mass is 9.93. The lowest BCUT2D eigenvalue weighted by Gasteiger charge is -2.33. The number of carbonyl (C=O) groups is 2. The Hall–Kier alpha value is -2.40. The van der Waals surface area contributed by atoms with Gasteiger partial charge in [-0.15, -0.1) is 0 Å². The Morgan fingerprint density at radius 2 is 1.67 bits per heavy atom. The minimum absolute atomic E-state index is 0.0757. The Balaban J connectivity index is 2.06. The highest BCUT2D eigenvalue weighted by Crippen LogP contribution is 2.35. The van der Waals surface area contributed by atoms with Gasteiger partial charge in [-0.1, -0.05) is 51.7 Å². The normalized spacial score (nSPS) is 14.3. The van der Waals surface area contributed by atoms with E-state index in [1.165, 1.54) is 12.8 Å². The second kappa shape index (κ2) is 8.53. The molecule has 144 valence electrons. The number of imide groups is 1. The van der Waals surface area contributed by atoms with Gasteiger partial charge in [0.05, 0.1) is 6.17 Å². The van der Waals surface area contributed by atoms with Gasteiger partial charge in [-0.3, -0.25) is 14.9 Å². The van der Waals surface area contributed by atoms with Gasteiger partial charge in [0.25, 0.3) is 11.8 Å². The fourth-order valence-electron chi connectivity index (χ4n) is 3.81. The van der Waals surface area contributed by atoms with E-state index in [1.54, 1.807) is 6.07 Å². The van der Waals surface area contributed by atoms with Crippen molar-refractivity contribution in [3.8, 4) is 0 Å². The van der Waals surface area contributed by atoms with E-state index in [-0.39, 0.29) is 18.0 Å². The summed E-state index contributed by atoms with van der Waals surface area (Å²) < 4.78 is 0. The smallest absolute Gasteiger partial charge is 0.258 e. The predicted octanol–water partition coefficient (Wildman–Crippen LogP) is 4.20.